The second-order valence-corrected chi connectivity index (χ2v) is 13.6. The van der Waals surface area contributed by atoms with Crippen molar-refractivity contribution in [3.63, 3.8) is 0 Å². The molecule has 0 bridgehead atoms. The number of amides is 4. The normalized spacial score (nSPS) is 28.5. The molecule has 1 saturated carbocycles. The van der Waals surface area contributed by atoms with Crippen molar-refractivity contribution < 1.29 is 65.6 Å². The summed E-state index contributed by atoms with van der Waals surface area (Å²) in [5, 5.41) is 30.4. The maximum absolute atomic E-state index is 15.1. The molecule has 2 saturated heterocycles. The number of carboxylic acid groups (broad SMARTS) is 1. The number of carbonyl (C=O) groups excluding carboxylic acids is 4. The zero-order valence-electron chi connectivity index (χ0n) is 25.1. The number of nitrogens with zero attached hydrogens (tertiary/aromatic N) is 2. The molecule has 0 radical (unpaired) electrons. The summed E-state index contributed by atoms with van der Waals surface area (Å²) in [6.45, 7) is 0. The summed E-state index contributed by atoms with van der Waals surface area (Å²) in [7, 11) is 0. The lowest BCUT2D eigenvalue weighted by atomic mass is 9.56. The van der Waals surface area contributed by atoms with Crippen molar-refractivity contribution in [3.05, 3.63) is 94.1 Å². The second-order valence-electron chi connectivity index (χ2n) is 12.4. The highest BCUT2D eigenvalue weighted by atomic mass is 35.5. The maximum Gasteiger partial charge on any atom is 0.339 e. The zero-order valence-corrected chi connectivity index (χ0v) is 26.6. The number of hydrogen-bond donors (Lipinski definition) is 3. The molecule has 18 heteroatoms. The average molecular weight is 755 g/mol. The average Bonchev–Trinajstić information content (AvgIpc) is 3.42. The molecule has 10 nitrogen and oxygen atoms in total. The first kappa shape index (κ1) is 34.4. The number of carbonyl (C=O) groups is 5. The third kappa shape index (κ3) is 4.29. The van der Waals surface area contributed by atoms with E-state index in [1.54, 1.807) is 0 Å². The predicted octanol–water partition coefficient (Wildman–Crippen LogP) is 5.40. The highest BCUT2D eigenvalue weighted by Crippen LogP contribution is 2.67. The van der Waals surface area contributed by atoms with E-state index in [0.29, 0.717) is 4.90 Å². The molecule has 3 aromatic carbocycles. The van der Waals surface area contributed by atoms with Gasteiger partial charge in [-0.3, -0.25) is 19.2 Å². The smallest absolute Gasteiger partial charge is 0.339 e. The van der Waals surface area contributed by atoms with E-state index in [9.17, 15) is 56.9 Å². The maximum atomic E-state index is 15.1. The van der Waals surface area contributed by atoms with Crippen molar-refractivity contribution in [1.82, 2.24) is 0 Å². The van der Waals surface area contributed by atoms with Crippen LogP contribution in [0.1, 0.15) is 34.7 Å². The molecule has 2 aliphatic heterocycles. The first-order valence-corrected chi connectivity index (χ1v) is 15.5. The Morgan fingerprint density at radius 3 is 2.04 bits per heavy atom. The molecule has 4 amide bonds. The van der Waals surface area contributed by atoms with Crippen LogP contribution in [0, 0.1) is 52.7 Å². The van der Waals surface area contributed by atoms with Gasteiger partial charge in [0, 0.05) is 17.5 Å². The number of aromatic carboxylic acids is 1. The Labute approximate surface area is 291 Å². The summed E-state index contributed by atoms with van der Waals surface area (Å²) in [4.78, 5) is 62.0. The number of allylic oxidation sites excluding steroid dienone is 2. The Kier molecular flexibility index (Phi) is 7.55. The molecule has 264 valence electrons. The van der Waals surface area contributed by atoms with Gasteiger partial charge in [0.1, 0.15) is 17.0 Å². The molecule has 0 unspecified atom stereocenters. The van der Waals surface area contributed by atoms with E-state index in [0.717, 1.165) is 36.4 Å². The summed E-state index contributed by atoms with van der Waals surface area (Å²) in [6, 6.07) is 5.82. The van der Waals surface area contributed by atoms with Gasteiger partial charge in [0.25, 0.3) is 11.8 Å². The first-order chi connectivity index (χ1) is 23.9. The van der Waals surface area contributed by atoms with E-state index in [1.807, 2.05) is 0 Å². The number of fused-ring (bicyclic) bond motifs is 4. The number of carboxylic acids is 1. The second kappa shape index (κ2) is 11.2. The van der Waals surface area contributed by atoms with Crippen LogP contribution < -0.4 is 9.80 Å². The number of imide groups is 2. The Morgan fingerprint density at radius 2 is 1.43 bits per heavy atom. The molecule has 0 spiro atoms. The van der Waals surface area contributed by atoms with E-state index >= 15 is 8.78 Å². The van der Waals surface area contributed by atoms with Crippen LogP contribution in [0.25, 0.3) is 0 Å². The largest absolute Gasteiger partial charge is 0.507 e. The number of anilines is 2. The van der Waals surface area contributed by atoms with Crippen molar-refractivity contribution in [2.24, 2.45) is 17.8 Å². The van der Waals surface area contributed by atoms with Gasteiger partial charge in [-0.15, -0.1) is 23.2 Å². The van der Waals surface area contributed by atoms with Gasteiger partial charge in [-0.25, -0.2) is 40.9 Å². The monoisotopic (exact) mass is 754 g/mol. The molecule has 2 heterocycles. The molecular formula is C33H18Cl2F6N2O8. The van der Waals surface area contributed by atoms with E-state index < -0.39 is 138 Å². The van der Waals surface area contributed by atoms with Crippen LogP contribution in [0.4, 0.5) is 37.7 Å². The molecule has 4 aliphatic rings. The fourth-order valence-corrected chi connectivity index (χ4v) is 8.70. The van der Waals surface area contributed by atoms with Crippen molar-refractivity contribution in [1.29, 1.82) is 0 Å². The topological polar surface area (TPSA) is 153 Å². The number of halogens is 8. The standard InChI is InChI=1S/C33H18Cl2F6N2O8/c34-32-9-15-11(6-7-13-18(15)28(47)42(27(13)46)10-4-5-12(29(48)49)17(44)8-10)19(14-2-1-3-16(36)26(14)45)33(32,35)31(51)43(30(32)50)25-23(40)21(38)20(37)22(39)24(25)41/h1-6,8,13,15,18-19,44-45H,7,9H2,(H,48,49)/t13-,15+,18-,19+,32+,33-/m0/s1. The molecule has 0 aromatic heterocycles. The van der Waals surface area contributed by atoms with Crippen molar-refractivity contribution in [3.8, 4) is 11.5 Å². The number of aromatic hydroxyl groups is 2. The van der Waals surface area contributed by atoms with Gasteiger partial charge in [0.15, 0.2) is 44.6 Å². The van der Waals surface area contributed by atoms with E-state index in [-0.39, 0.29) is 17.7 Å². The number of hydrogen-bond acceptors (Lipinski definition) is 7. The molecule has 3 fully saturated rings. The minimum Gasteiger partial charge on any atom is -0.507 e. The predicted molar refractivity (Wildman–Crippen MR) is 162 cm³/mol. The van der Waals surface area contributed by atoms with Crippen LogP contribution >= 0.6 is 23.2 Å². The molecular weight excluding hydrogens is 737 g/mol. The Morgan fingerprint density at radius 1 is 0.804 bits per heavy atom. The molecule has 2 aliphatic carbocycles. The third-order valence-corrected chi connectivity index (χ3v) is 11.4. The minimum absolute atomic E-state index is 0.0455. The zero-order chi connectivity index (χ0) is 37.2. The van der Waals surface area contributed by atoms with Gasteiger partial charge in [-0.2, -0.15) is 0 Å². The lowest BCUT2D eigenvalue weighted by Gasteiger charge is -2.50. The van der Waals surface area contributed by atoms with Gasteiger partial charge >= 0.3 is 5.97 Å². The number of phenolic OH excluding ortho intramolecular Hbond substituents is 1. The molecule has 3 N–H and O–H groups in total. The molecule has 7 rings (SSSR count). The summed E-state index contributed by atoms with van der Waals surface area (Å²) in [5.41, 5.74) is -3.34. The highest BCUT2D eigenvalue weighted by Gasteiger charge is 2.77. The van der Waals surface area contributed by atoms with E-state index in [1.165, 1.54) is 6.08 Å². The quantitative estimate of drug-likeness (QED) is 0.0800. The van der Waals surface area contributed by atoms with Gasteiger partial charge < -0.3 is 15.3 Å². The van der Waals surface area contributed by atoms with Crippen molar-refractivity contribution in [2.75, 3.05) is 9.80 Å². The van der Waals surface area contributed by atoms with E-state index in [4.69, 9.17) is 23.2 Å². The Balaban J connectivity index is 1.42. The van der Waals surface area contributed by atoms with E-state index in [2.05, 4.69) is 0 Å². The number of rotatable bonds is 4. The fourth-order valence-electron chi connectivity index (χ4n) is 7.77. The summed E-state index contributed by atoms with van der Waals surface area (Å²) in [6.07, 6.45) is 0.208. The van der Waals surface area contributed by atoms with Gasteiger partial charge in [-0.1, -0.05) is 23.8 Å². The SMILES string of the molecule is O=C(O)c1ccc(N2C(=O)[C@H]3[C@H](CC=C4[C@H]3C[C@@]3(Cl)C(=O)N(c5c(F)c(F)c(F)c(F)c5F)C(=O)[C@@]3(Cl)[C@H]4c3cccc(F)c3O)C2=O)cc1O. The third-order valence-electron chi connectivity index (χ3n) is 10.0. The van der Waals surface area contributed by atoms with Crippen LogP contribution in [0.2, 0.25) is 0 Å². The molecule has 3 aromatic rings. The number of alkyl halides is 2. The van der Waals surface area contributed by atoms with Crippen LogP contribution in [0.5, 0.6) is 11.5 Å². The molecule has 6 atom stereocenters. The summed E-state index contributed by atoms with van der Waals surface area (Å²) >= 11 is 13.9. The summed E-state index contributed by atoms with van der Waals surface area (Å²) < 4.78 is 87.8. The first-order valence-electron chi connectivity index (χ1n) is 14.8. The fraction of sp³-hybridized carbons (Fsp3) is 0.242. The van der Waals surface area contributed by atoms with Crippen LogP contribution in [-0.4, -0.2) is 54.7 Å². The van der Waals surface area contributed by atoms with Gasteiger partial charge in [-0.05, 0) is 37.0 Å². The Bertz CT molecular complexity index is 2190. The van der Waals surface area contributed by atoms with Crippen LogP contribution in [0.3, 0.4) is 0 Å². The highest BCUT2D eigenvalue weighted by molar-refractivity contribution is 6.58. The number of benzene rings is 3. The molecule has 51 heavy (non-hydrogen) atoms. The van der Waals surface area contributed by atoms with Gasteiger partial charge in [0.05, 0.1) is 17.5 Å². The van der Waals surface area contributed by atoms with Crippen molar-refractivity contribution in [2.45, 2.75) is 28.5 Å². The van der Waals surface area contributed by atoms with Crippen molar-refractivity contribution >= 4 is 64.2 Å². The van der Waals surface area contributed by atoms with Crippen LogP contribution in [0.15, 0.2) is 48.0 Å². The minimum atomic E-state index is -2.98. The van der Waals surface area contributed by atoms with Gasteiger partial charge in [0.2, 0.25) is 17.6 Å². The summed E-state index contributed by atoms with van der Waals surface area (Å²) in [5.74, 6) is -28.8. The number of phenols is 2. The lowest BCUT2D eigenvalue weighted by Crippen LogP contribution is -2.60. The lowest BCUT2D eigenvalue weighted by molar-refractivity contribution is -0.125. The Hall–Kier alpha value is -5.09. The van der Waals surface area contributed by atoms with Crippen LogP contribution in [-0.2, 0) is 19.2 Å². The number of para-hydroxylation sites is 1.